The monoisotopic (exact) mass is 393 g/mol. The third-order valence-corrected chi connectivity index (χ3v) is 4.95. The number of nitrogens with one attached hydrogen (secondary N) is 1. The number of halogens is 1. The molecule has 2 aromatic carbocycles. The van der Waals surface area contributed by atoms with Crippen LogP contribution in [0, 0.1) is 0 Å². The molecule has 1 heterocycles. The predicted octanol–water partition coefficient (Wildman–Crippen LogP) is 4.34. The molecule has 0 saturated heterocycles. The Morgan fingerprint density at radius 2 is 1.83 bits per heavy atom. The second-order valence-electron chi connectivity index (χ2n) is 5.06. The van der Waals surface area contributed by atoms with Gasteiger partial charge in [0.15, 0.2) is 11.5 Å². The summed E-state index contributed by atoms with van der Waals surface area (Å²) in [5.74, 6) is 1.34. The van der Waals surface area contributed by atoms with E-state index in [-0.39, 0.29) is 11.2 Å². The number of thioether (sulfide) groups is 1. The minimum atomic E-state index is -0.204. The molecule has 120 valence electrons. The molecule has 1 N–H and O–H groups in total. The minimum absolute atomic E-state index is 0.0467. The lowest BCUT2D eigenvalue weighted by Gasteiger charge is -2.19. The van der Waals surface area contributed by atoms with Gasteiger partial charge in [-0.3, -0.25) is 4.79 Å². The summed E-state index contributed by atoms with van der Waals surface area (Å²) in [5.41, 5.74) is 0.711. The first-order valence-corrected chi connectivity index (χ1v) is 8.92. The van der Waals surface area contributed by atoms with E-state index in [4.69, 9.17) is 9.47 Å². The number of fused-ring (bicyclic) bond motifs is 1. The van der Waals surface area contributed by atoms with Crippen molar-refractivity contribution < 1.29 is 14.3 Å². The maximum Gasteiger partial charge on any atom is 0.237 e. The van der Waals surface area contributed by atoms with Crippen LogP contribution in [0.4, 0.5) is 5.69 Å². The van der Waals surface area contributed by atoms with Crippen molar-refractivity contribution in [1.82, 2.24) is 0 Å². The van der Waals surface area contributed by atoms with Gasteiger partial charge in [0.25, 0.3) is 0 Å². The van der Waals surface area contributed by atoms with Crippen LogP contribution in [0.1, 0.15) is 6.92 Å². The highest BCUT2D eigenvalue weighted by Gasteiger charge is 2.17. The van der Waals surface area contributed by atoms with Gasteiger partial charge in [-0.15, -0.1) is 11.8 Å². The lowest BCUT2D eigenvalue weighted by Crippen LogP contribution is -2.22. The number of anilines is 1. The fraction of sp³-hybridized carbons (Fsp3) is 0.235. The van der Waals surface area contributed by atoms with Crippen molar-refractivity contribution in [1.29, 1.82) is 0 Å². The van der Waals surface area contributed by atoms with Crippen LogP contribution in [0.25, 0.3) is 0 Å². The molecule has 23 heavy (non-hydrogen) atoms. The van der Waals surface area contributed by atoms with Gasteiger partial charge >= 0.3 is 0 Å². The zero-order valence-corrected chi connectivity index (χ0v) is 14.9. The summed E-state index contributed by atoms with van der Waals surface area (Å²) in [6, 6.07) is 13.3. The quantitative estimate of drug-likeness (QED) is 0.784. The summed E-state index contributed by atoms with van der Waals surface area (Å²) >= 11 is 4.92. The van der Waals surface area contributed by atoms with Gasteiger partial charge in [-0.05, 0) is 43.3 Å². The molecule has 0 bridgehead atoms. The average Bonchev–Trinajstić information content (AvgIpc) is 2.56. The number of carbonyl (C=O) groups is 1. The topological polar surface area (TPSA) is 47.6 Å². The van der Waals surface area contributed by atoms with Gasteiger partial charge in [-0.25, -0.2) is 0 Å². The van der Waals surface area contributed by atoms with Gasteiger partial charge in [-0.1, -0.05) is 15.9 Å². The van der Waals surface area contributed by atoms with Crippen LogP contribution in [0.3, 0.4) is 0 Å². The van der Waals surface area contributed by atoms with Gasteiger partial charge in [0.1, 0.15) is 13.2 Å². The van der Waals surface area contributed by atoms with E-state index in [2.05, 4.69) is 21.2 Å². The number of hydrogen-bond donors (Lipinski definition) is 1. The molecule has 0 unspecified atom stereocenters. The maximum atomic E-state index is 12.3. The van der Waals surface area contributed by atoms with Gasteiger partial charge in [0.2, 0.25) is 5.91 Å². The smallest absolute Gasteiger partial charge is 0.237 e. The number of carbonyl (C=O) groups excluding carboxylic acids is 1. The fourth-order valence-corrected chi connectivity index (χ4v) is 3.27. The predicted molar refractivity (Wildman–Crippen MR) is 95.5 cm³/mol. The van der Waals surface area contributed by atoms with E-state index < -0.39 is 0 Å². The van der Waals surface area contributed by atoms with Crippen LogP contribution in [-0.2, 0) is 4.79 Å². The fourth-order valence-electron chi connectivity index (χ4n) is 2.14. The summed E-state index contributed by atoms with van der Waals surface area (Å²) in [6.45, 7) is 2.97. The van der Waals surface area contributed by atoms with Gasteiger partial charge in [0, 0.05) is 21.1 Å². The normalized spacial score (nSPS) is 14.2. The second kappa shape index (κ2) is 7.27. The van der Waals surface area contributed by atoms with Crippen LogP contribution < -0.4 is 14.8 Å². The third-order valence-electron chi connectivity index (χ3n) is 3.31. The number of hydrogen-bond acceptors (Lipinski definition) is 4. The molecule has 0 spiro atoms. The summed E-state index contributed by atoms with van der Waals surface area (Å²) in [5, 5.41) is 2.71. The molecule has 4 nitrogen and oxygen atoms in total. The van der Waals surface area contributed by atoms with Crippen molar-refractivity contribution >= 4 is 39.3 Å². The van der Waals surface area contributed by atoms with Gasteiger partial charge in [0.05, 0.1) is 5.25 Å². The molecule has 1 atom stereocenters. The van der Waals surface area contributed by atoms with E-state index in [1.54, 1.807) is 6.07 Å². The maximum absolute atomic E-state index is 12.3. The van der Waals surface area contributed by atoms with Crippen LogP contribution in [0.2, 0.25) is 0 Å². The van der Waals surface area contributed by atoms with Gasteiger partial charge in [-0.2, -0.15) is 0 Å². The molecule has 2 aromatic rings. The van der Waals surface area contributed by atoms with Crippen molar-refractivity contribution in [3.8, 4) is 11.5 Å². The largest absolute Gasteiger partial charge is 0.486 e. The summed E-state index contributed by atoms with van der Waals surface area (Å²) in [6.07, 6.45) is 0. The number of ether oxygens (including phenoxy) is 2. The second-order valence-corrected chi connectivity index (χ2v) is 7.39. The molecule has 6 heteroatoms. The zero-order valence-electron chi connectivity index (χ0n) is 12.5. The highest BCUT2D eigenvalue weighted by atomic mass is 79.9. The molecule has 1 amide bonds. The first-order chi connectivity index (χ1) is 11.1. The Balaban J connectivity index is 1.63. The Morgan fingerprint density at radius 1 is 1.13 bits per heavy atom. The van der Waals surface area contributed by atoms with E-state index in [0.29, 0.717) is 30.4 Å². The van der Waals surface area contributed by atoms with Crippen molar-refractivity contribution in [2.45, 2.75) is 17.1 Å². The Morgan fingerprint density at radius 3 is 2.57 bits per heavy atom. The van der Waals surface area contributed by atoms with E-state index >= 15 is 0 Å². The van der Waals surface area contributed by atoms with Crippen LogP contribution >= 0.6 is 27.7 Å². The molecule has 1 aliphatic rings. The van der Waals surface area contributed by atoms with Crippen molar-refractivity contribution in [3.63, 3.8) is 0 Å². The molecule has 3 rings (SSSR count). The Bertz CT molecular complexity index is 705. The Kier molecular flexibility index (Phi) is 5.13. The van der Waals surface area contributed by atoms with E-state index in [1.807, 2.05) is 43.3 Å². The molecule has 1 aliphatic heterocycles. The first-order valence-electron chi connectivity index (χ1n) is 7.24. The van der Waals surface area contributed by atoms with Crippen molar-refractivity contribution in [2.75, 3.05) is 18.5 Å². The molecular formula is C17H16BrNO3S. The number of rotatable bonds is 4. The highest BCUT2D eigenvalue weighted by molar-refractivity contribution is 9.10. The van der Waals surface area contributed by atoms with Gasteiger partial charge < -0.3 is 14.8 Å². The summed E-state index contributed by atoms with van der Waals surface area (Å²) in [4.78, 5) is 13.4. The van der Waals surface area contributed by atoms with Crippen LogP contribution in [0.15, 0.2) is 51.8 Å². The molecule has 0 saturated carbocycles. The van der Waals surface area contributed by atoms with E-state index in [1.165, 1.54) is 11.8 Å². The summed E-state index contributed by atoms with van der Waals surface area (Å²) in [7, 11) is 0. The Labute approximate surface area is 147 Å². The van der Waals surface area contributed by atoms with Crippen LogP contribution in [0.5, 0.6) is 11.5 Å². The lowest BCUT2D eigenvalue weighted by molar-refractivity contribution is -0.115. The van der Waals surface area contributed by atoms with E-state index in [0.717, 1.165) is 9.37 Å². The number of benzene rings is 2. The molecule has 0 fully saturated rings. The summed E-state index contributed by atoms with van der Waals surface area (Å²) < 4.78 is 12.0. The molecular weight excluding hydrogens is 378 g/mol. The van der Waals surface area contributed by atoms with Crippen molar-refractivity contribution in [3.05, 3.63) is 46.9 Å². The average molecular weight is 394 g/mol. The minimum Gasteiger partial charge on any atom is -0.486 e. The molecule has 0 radical (unpaired) electrons. The molecule has 0 aliphatic carbocycles. The SMILES string of the molecule is C[C@H](Sc1ccc(Br)cc1)C(=O)Nc1ccc2c(c1)OCCO2. The van der Waals surface area contributed by atoms with Crippen molar-refractivity contribution in [2.24, 2.45) is 0 Å². The highest BCUT2D eigenvalue weighted by Crippen LogP contribution is 2.33. The lowest BCUT2D eigenvalue weighted by atomic mass is 10.2. The standard InChI is InChI=1S/C17H16BrNO3S/c1-11(23-14-5-2-12(18)3-6-14)17(20)19-13-4-7-15-16(10-13)22-9-8-21-15/h2-7,10-11H,8-9H2,1H3,(H,19,20)/t11-/m0/s1. The first kappa shape index (κ1) is 16.2. The molecule has 0 aromatic heterocycles. The van der Waals surface area contributed by atoms with Crippen LogP contribution in [-0.4, -0.2) is 24.4 Å². The van der Waals surface area contributed by atoms with E-state index in [9.17, 15) is 4.79 Å². The Hall–Kier alpha value is -1.66. The number of amides is 1. The third kappa shape index (κ3) is 4.20. The zero-order chi connectivity index (χ0) is 16.2.